The summed E-state index contributed by atoms with van der Waals surface area (Å²) in [4.78, 5) is 7.24. The van der Waals surface area contributed by atoms with E-state index in [1.807, 2.05) is 18.2 Å². The number of unbranched alkanes of at least 4 members (excludes halogenated alkanes) is 1. The van der Waals surface area contributed by atoms with Gasteiger partial charge >= 0.3 is 0 Å². The molecule has 146 valence electrons. The largest absolute Gasteiger partial charge is 0.497 e. The van der Waals surface area contributed by atoms with Crippen molar-refractivity contribution in [1.29, 1.82) is 0 Å². The number of ether oxygens (including phenoxy) is 1. The number of nitrogens with zero attached hydrogens (tertiary/aromatic N) is 2. The molecule has 6 heteroatoms. The number of aliphatic imine (C=N–C) groups is 1. The molecule has 0 amide bonds. The van der Waals surface area contributed by atoms with Crippen LogP contribution in [0.25, 0.3) is 0 Å². The van der Waals surface area contributed by atoms with Gasteiger partial charge in [0.1, 0.15) is 5.75 Å². The molecule has 0 saturated carbocycles. The maximum absolute atomic E-state index is 6.30. The molecular weight excluding hydrogens is 348 g/mol. The van der Waals surface area contributed by atoms with Crippen molar-refractivity contribution >= 4 is 17.6 Å². The molecule has 0 aliphatic carbocycles. The van der Waals surface area contributed by atoms with Gasteiger partial charge in [-0.1, -0.05) is 17.7 Å². The van der Waals surface area contributed by atoms with E-state index in [2.05, 4.69) is 27.4 Å². The Labute approximate surface area is 163 Å². The van der Waals surface area contributed by atoms with E-state index in [1.54, 1.807) is 7.11 Å². The van der Waals surface area contributed by atoms with E-state index < -0.39 is 0 Å². The number of benzene rings is 1. The quantitative estimate of drug-likeness (QED) is 0.371. The predicted octanol–water partition coefficient (Wildman–Crippen LogP) is 3.32. The van der Waals surface area contributed by atoms with E-state index in [4.69, 9.17) is 16.3 Å². The predicted molar refractivity (Wildman–Crippen MR) is 111 cm³/mol. The fourth-order valence-electron chi connectivity index (χ4n) is 3.16. The Morgan fingerprint density at radius 1 is 1.23 bits per heavy atom. The number of rotatable bonds is 10. The SMILES string of the molecule is CCNC(=NCCCCN1CCCC1)NCCc1ccc(OC)cc1Cl. The van der Waals surface area contributed by atoms with Crippen LogP contribution in [0, 0.1) is 0 Å². The van der Waals surface area contributed by atoms with E-state index in [0.29, 0.717) is 0 Å². The molecule has 0 radical (unpaired) electrons. The Morgan fingerprint density at radius 2 is 2.04 bits per heavy atom. The van der Waals surface area contributed by atoms with Gasteiger partial charge < -0.3 is 20.3 Å². The van der Waals surface area contributed by atoms with E-state index >= 15 is 0 Å². The van der Waals surface area contributed by atoms with E-state index in [-0.39, 0.29) is 0 Å². The van der Waals surface area contributed by atoms with Gasteiger partial charge in [0.25, 0.3) is 0 Å². The molecule has 1 fully saturated rings. The van der Waals surface area contributed by atoms with Crippen molar-refractivity contribution in [3.63, 3.8) is 0 Å². The third-order valence-electron chi connectivity index (χ3n) is 4.64. The van der Waals surface area contributed by atoms with Gasteiger partial charge in [0.05, 0.1) is 7.11 Å². The summed E-state index contributed by atoms with van der Waals surface area (Å²) in [6, 6.07) is 5.82. The number of guanidine groups is 1. The van der Waals surface area contributed by atoms with Crippen LogP contribution in [0.4, 0.5) is 0 Å². The molecule has 2 N–H and O–H groups in total. The van der Waals surface area contributed by atoms with Crippen LogP contribution in [0.2, 0.25) is 5.02 Å². The number of hydrogen-bond acceptors (Lipinski definition) is 3. The average Bonchev–Trinajstić information content (AvgIpc) is 3.16. The van der Waals surface area contributed by atoms with Crippen molar-refractivity contribution in [2.75, 3.05) is 46.4 Å². The summed E-state index contributed by atoms with van der Waals surface area (Å²) in [5.41, 5.74) is 1.11. The maximum atomic E-state index is 6.30. The topological polar surface area (TPSA) is 48.9 Å². The molecule has 0 aromatic heterocycles. The highest BCUT2D eigenvalue weighted by Gasteiger charge is 2.10. The van der Waals surface area contributed by atoms with Gasteiger partial charge in [-0.2, -0.15) is 0 Å². The molecule has 0 unspecified atom stereocenters. The maximum Gasteiger partial charge on any atom is 0.191 e. The number of halogens is 1. The summed E-state index contributed by atoms with van der Waals surface area (Å²) in [5.74, 6) is 1.67. The van der Waals surface area contributed by atoms with Crippen LogP contribution >= 0.6 is 11.6 Å². The first-order valence-electron chi connectivity index (χ1n) is 9.80. The van der Waals surface area contributed by atoms with Gasteiger partial charge in [-0.3, -0.25) is 4.99 Å². The van der Waals surface area contributed by atoms with Crippen LogP contribution in [0.3, 0.4) is 0 Å². The van der Waals surface area contributed by atoms with Crippen molar-refractivity contribution in [3.05, 3.63) is 28.8 Å². The molecule has 1 aromatic rings. The Balaban J connectivity index is 1.69. The second-order valence-electron chi connectivity index (χ2n) is 6.65. The Kier molecular flexibility index (Phi) is 9.64. The first-order valence-corrected chi connectivity index (χ1v) is 10.2. The highest BCUT2D eigenvalue weighted by Crippen LogP contribution is 2.22. The fourth-order valence-corrected chi connectivity index (χ4v) is 3.42. The van der Waals surface area contributed by atoms with Gasteiger partial charge in [0, 0.05) is 24.7 Å². The van der Waals surface area contributed by atoms with Gasteiger partial charge in [-0.15, -0.1) is 0 Å². The van der Waals surface area contributed by atoms with Crippen LogP contribution in [0.5, 0.6) is 5.75 Å². The smallest absolute Gasteiger partial charge is 0.191 e. The molecule has 0 bridgehead atoms. The molecular formula is C20H33ClN4O. The summed E-state index contributed by atoms with van der Waals surface area (Å²) in [7, 11) is 1.65. The molecule has 1 aliphatic rings. The molecule has 2 rings (SSSR count). The van der Waals surface area contributed by atoms with Crippen molar-refractivity contribution in [2.45, 2.75) is 39.0 Å². The minimum atomic E-state index is 0.745. The van der Waals surface area contributed by atoms with Gasteiger partial charge in [-0.25, -0.2) is 0 Å². The lowest BCUT2D eigenvalue weighted by molar-refractivity contribution is 0.331. The lowest BCUT2D eigenvalue weighted by Gasteiger charge is -2.14. The van der Waals surface area contributed by atoms with Crippen molar-refractivity contribution < 1.29 is 4.74 Å². The Hall–Kier alpha value is -1.46. The highest BCUT2D eigenvalue weighted by molar-refractivity contribution is 6.31. The summed E-state index contributed by atoms with van der Waals surface area (Å²) < 4.78 is 5.19. The number of likely N-dealkylation sites (tertiary alicyclic amines) is 1. The van der Waals surface area contributed by atoms with Crippen LogP contribution in [0.1, 0.15) is 38.2 Å². The summed E-state index contributed by atoms with van der Waals surface area (Å²) in [6.45, 7) is 8.39. The first kappa shape index (κ1) is 20.8. The average molecular weight is 381 g/mol. The van der Waals surface area contributed by atoms with E-state index in [1.165, 1.54) is 38.9 Å². The zero-order valence-corrected chi connectivity index (χ0v) is 16.9. The molecule has 1 saturated heterocycles. The number of hydrogen-bond donors (Lipinski definition) is 2. The molecule has 0 atom stereocenters. The Bertz CT molecular complexity index is 559. The minimum absolute atomic E-state index is 0.745. The second-order valence-corrected chi connectivity index (χ2v) is 7.06. The van der Waals surface area contributed by atoms with Crippen LogP contribution in [-0.2, 0) is 6.42 Å². The summed E-state index contributed by atoms with van der Waals surface area (Å²) in [5, 5.41) is 7.45. The molecule has 0 spiro atoms. The lowest BCUT2D eigenvalue weighted by Crippen LogP contribution is -2.38. The Morgan fingerprint density at radius 3 is 2.73 bits per heavy atom. The number of methoxy groups -OCH3 is 1. The molecule has 1 aromatic carbocycles. The monoisotopic (exact) mass is 380 g/mol. The summed E-state index contributed by atoms with van der Waals surface area (Å²) >= 11 is 6.30. The number of nitrogens with one attached hydrogen (secondary N) is 2. The molecule has 1 heterocycles. The third-order valence-corrected chi connectivity index (χ3v) is 4.99. The van der Waals surface area contributed by atoms with Gasteiger partial charge in [-0.05, 0) is 76.4 Å². The van der Waals surface area contributed by atoms with Crippen LogP contribution < -0.4 is 15.4 Å². The fraction of sp³-hybridized carbons (Fsp3) is 0.650. The van der Waals surface area contributed by atoms with Crippen molar-refractivity contribution in [2.24, 2.45) is 4.99 Å². The summed E-state index contributed by atoms with van der Waals surface area (Å²) in [6.07, 6.45) is 5.94. The zero-order valence-electron chi connectivity index (χ0n) is 16.2. The van der Waals surface area contributed by atoms with Crippen LogP contribution in [-0.4, -0.2) is 57.2 Å². The van der Waals surface area contributed by atoms with Crippen molar-refractivity contribution in [3.8, 4) is 5.75 Å². The van der Waals surface area contributed by atoms with E-state index in [0.717, 1.165) is 54.8 Å². The van der Waals surface area contributed by atoms with Gasteiger partial charge in [0.15, 0.2) is 5.96 Å². The molecule has 26 heavy (non-hydrogen) atoms. The lowest BCUT2D eigenvalue weighted by atomic mass is 10.1. The van der Waals surface area contributed by atoms with Gasteiger partial charge in [0.2, 0.25) is 0 Å². The normalized spacial score (nSPS) is 15.3. The third kappa shape index (κ3) is 7.42. The highest BCUT2D eigenvalue weighted by atomic mass is 35.5. The zero-order chi connectivity index (χ0) is 18.6. The second kappa shape index (κ2) is 12.0. The standard InChI is InChI=1S/C20H33ClN4O/c1-3-22-20(23-11-4-5-13-25-14-6-7-15-25)24-12-10-17-8-9-18(26-2)16-19(17)21/h8-9,16H,3-7,10-15H2,1-2H3,(H2,22,23,24). The van der Waals surface area contributed by atoms with Crippen LogP contribution in [0.15, 0.2) is 23.2 Å². The van der Waals surface area contributed by atoms with E-state index in [9.17, 15) is 0 Å². The first-order chi connectivity index (χ1) is 12.7. The minimum Gasteiger partial charge on any atom is -0.497 e. The van der Waals surface area contributed by atoms with Crippen molar-refractivity contribution in [1.82, 2.24) is 15.5 Å². The molecule has 1 aliphatic heterocycles. The molecule has 5 nitrogen and oxygen atoms in total.